The zero-order chi connectivity index (χ0) is 14.2. The normalized spacial score (nSPS) is 11.6. The highest BCUT2D eigenvalue weighted by molar-refractivity contribution is 6.00. The van der Waals surface area contributed by atoms with Crippen molar-refractivity contribution < 1.29 is 5.21 Å². The smallest absolute Gasteiger partial charge is 0.0867 e. The van der Waals surface area contributed by atoms with Crippen LogP contribution in [0.5, 0.6) is 0 Å². The predicted molar refractivity (Wildman–Crippen MR) is 84.3 cm³/mol. The number of unbranched alkanes of at least 4 members (excludes halogenated alkanes) is 2. The van der Waals surface area contributed by atoms with E-state index in [4.69, 9.17) is 5.21 Å². The lowest BCUT2D eigenvalue weighted by Crippen LogP contribution is -2.01. The number of rotatable bonds is 6. The fourth-order valence-electron chi connectivity index (χ4n) is 2.28. The minimum absolute atomic E-state index is 0.776. The summed E-state index contributed by atoms with van der Waals surface area (Å²) in [5, 5.41) is 12.6. The Bertz CT molecular complexity index is 543. The highest BCUT2D eigenvalue weighted by atomic mass is 16.4. The van der Waals surface area contributed by atoms with Gasteiger partial charge in [-0.2, -0.15) is 0 Å². The molecule has 2 heteroatoms. The Morgan fingerprint density at radius 1 is 0.900 bits per heavy atom. The zero-order valence-corrected chi connectivity index (χ0v) is 11.9. The van der Waals surface area contributed by atoms with Crippen molar-refractivity contribution in [2.24, 2.45) is 5.16 Å². The summed E-state index contributed by atoms with van der Waals surface area (Å²) in [6.45, 7) is 2.17. The molecule has 2 nitrogen and oxygen atoms in total. The van der Waals surface area contributed by atoms with Gasteiger partial charge in [0.2, 0.25) is 0 Å². The Morgan fingerprint density at radius 2 is 1.55 bits per heavy atom. The fourth-order valence-corrected chi connectivity index (χ4v) is 2.28. The molecule has 0 saturated carbocycles. The molecule has 0 saturated heterocycles. The molecule has 20 heavy (non-hydrogen) atoms. The van der Waals surface area contributed by atoms with E-state index in [9.17, 15) is 0 Å². The molecule has 2 aromatic carbocycles. The monoisotopic (exact) mass is 267 g/mol. The minimum atomic E-state index is 0.776. The van der Waals surface area contributed by atoms with Crippen LogP contribution in [0.1, 0.15) is 38.2 Å². The van der Waals surface area contributed by atoms with Crippen LogP contribution in [0.25, 0.3) is 11.1 Å². The van der Waals surface area contributed by atoms with E-state index in [2.05, 4.69) is 36.3 Å². The number of nitrogens with zero attached hydrogens (tertiary/aromatic N) is 1. The summed E-state index contributed by atoms with van der Waals surface area (Å²) in [5.41, 5.74) is 4.16. The van der Waals surface area contributed by atoms with Crippen LogP contribution >= 0.6 is 0 Å². The Balaban J connectivity index is 2.11. The molecule has 104 valence electrons. The molecule has 0 atom stereocenters. The largest absolute Gasteiger partial charge is 0.411 e. The summed E-state index contributed by atoms with van der Waals surface area (Å²) in [5.74, 6) is 0. The van der Waals surface area contributed by atoms with E-state index in [-0.39, 0.29) is 0 Å². The molecule has 0 amide bonds. The first kappa shape index (κ1) is 14.3. The lowest BCUT2D eigenvalue weighted by Gasteiger charge is -2.06. The second-order valence-corrected chi connectivity index (χ2v) is 4.95. The van der Waals surface area contributed by atoms with Crippen molar-refractivity contribution in [1.82, 2.24) is 0 Å². The minimum Gasteiger partial charge on any atom is -0.411 e. The Kier molecular flexibility index (Phi) is 5.36. The third-order valence-corrected chi connectivity index (χ3v) is 3.46. The second kappa shape index (κ2) is 7.49. The first-order valence-corrected chi connectivity index (χ1v) is 7.22. The average molecular weight is 267 g/mol. The van der Waals surface area contributed by atoms with Crippen LogP contribution in [-0.4, -0.2) is 10.9 Å². The molecule has 0 spiro atoms. The summed E-state index contributed by atoms with van der Waals surface area (Å²) in [6, 6.07) is 18.5. The number of oxime groups is 1. The summed E-state index contributed by atoms with van der Waals surface area (Å²) < 4.78 is 0. The van der Waals surface area contributed by atoms with Gasteiger partial charge in [-0.05, 0) is 29.5 Å². The molecular formula is C18H21NO. The van der Waals surface area contributed by atoms with Gasteiger partial charge >= 0.3 is 0 Å². The molecule has 0 aromatic heterocycles. The highest BCUT2D eigenvalue weighted by Crippen LogP contribution is 2.20. The summed E-state index contributed by atoms with van der Waals surface area (Å²) in [6.07, 6.45) is 4.23. The van der Waals surface area contributed by atoms with Gasteiger partial charge in [-0.3, -0.25) is 0 Å². The lowest BCUT2D eigenvalue weighted by molar-refractivity contribution is 0.317. The lowest BCUT2D eigenvalue weighted by atomic mass is 10.00. The molecule has 0 heterocycles. The zero-order valence-electron chi connectivity index (χ0n) is 11.9. The van der Waals surface area contributed by atoms with Gasteiger partial charge < -0.3 is 5.21 Å². The average Bonchev–Trinajstić information content (AvgIpc) is 2.53. The quantitative estimate of drug-likeness (QED) is 0.335. The molecule has 0 aliphatic heterocycles. The van der Waals surface area contributed by atoms with Gasteiger partial charge in [0, 0.05) is 0 Å². The maximum absolute atomic E-state index is 9.15. The van der Waals surface area contributed by atoms with Gasteiger partial charge in [0.1, 0.15) is 0 Å². The standard InChI is InChI=1S/C18H21NO/c1-2-3-5-10-18(19-20)17-13-11-16(12-14-17)15-8-6-4-7-9-15/h4,6-9,11-14,20H,2-3,5,10H2,1H3. The third-order valence-electron chi connectivity index (χ3n) is 3.46. The van der Waals surface area contributed by atoms with E-state index in [0.717, 1.165) is 24.1 Å². The number of benzene rings is 2. The molecule has 2 rings (SSSR count). The van der Waals surface area contributed by atoms with Crippen LogP contribution < -0.4 is 0 Å². The van der Waals surface area contributed by atoms with Crippen molar-refractivity contribution in [3.05, 3.63) is 60.2 Å². The number of hydrogen-bond donors (Lipinski definition) is 1. The van der Waals surface area contributed by atoms with Gasteiger partial charge in [0.15, 0.2) is 0 Å². The van der Waals surface area contributed by atoms with Crippen LogP contribution in [0.15, 0.2) is 59.8 Å². The Morgan fingerprint density at radius 3 is 2.15 bits per heavy atom. The summed E-state index contributed by atoms with van der Waals surface area (Å²) >= 11 is 0. The SMILES string of the molecule is CCCCCC(=NO)c1ccc(-c2ccccc2)cc1. The maximum atomic E-state index is 9.15. The van der Waals surface area contributed by atoms with E-state index in [1.54, 1.807) is 0 Å². The Hall–Kier alpha value is -2.09. The third kappa shape index (κ3) is 3.70. The molecule has 0 fully saturated rings. The van der Waals surface area contributed by atoms with E-state index in [1.165, 1.54) is 24.0 Å². The summed E-state index contributed by atoms with van der Waals surface area (Å²) in [7, 11) is 0. The highest BCUT2D eigenvalue weighted by Gasteiger charge is 2.05. The van der Waals surface area contributed by atoms with Crippen molar-refractivity contribution in [2.45, 2.75) is 32.6 Å². The van der Waals surface area contributed by atoms with Gasteiger partial charge in [-0.25, -0.2) is 0 Å². The predicted octanol–water partition coefficient (Wildman–Crippen LogP) is 5.11. The molecule has 0 radical (unpaired) electrons. The van der Waals surface area contributed by atoms with Crippen LogP contribution in [0.4, 0.5) is 0 Å². The van der Waals surface area contributed by atoms with Crippen LogP contribution in [0, 0.1) is 0 Å². The molecule has 1 N–H and O–H groups in total. The maximum Gasteiger partial charge on any atom is 0.0867 e. The molecule has 2 aromatic rings. The van der Waals surface area contributed by atoms with E-state index in [1.807, 2.05) is 30.3 Å². The van der Waals surface area contributed by atoms with Gasteiger partial charge in [0.25, 0.3) is 0 Å². The number of hydrogen-bond acceptors (Lipinski definition) is 2. The topological polar surface area (TPSA) is 32.6 Å². The molecular weight excluding hydrogens is 246 g/mol. The second-order valence-electron chi connectivity index (χ2n) is 4.95. The molecule has 0 unspecified atom stereocenters. The molecule has 0 aliphatic rings. The molecule has 0 aliphatic carbocycles. The van der Waals surface area contributed by atoms with Gasteiger partial charge in [0.05, 0.1) is 5.71 Å². The fraction of sp³-hybridized carbons (Fsp3) is 0.278. The Labute approximate surface area is 120 Å². The summed E-state index contributed by atoms with van der Waals surface area (Å²) in [4.78, 5) is 0. The van der Waals surface area contributed by atoms with Crippen molar-refractivity contribution in [3.63, 3.8) is 0 Å². The van der Waals surface area contributed by atoms with E-state index < -0.39 is 0 Å². The van der Waals surface area contributed by atoms with Gasteiger partial charge in [-0.1, -0.05) is 79.5 Å². The van der Waals surface area contributed by atoms with Crippen LogP contribution in [-0.2, 0) is 0 Å². The first-order chi connectivity index (χ1) is 9.85. The van der Waals surface area contributed by atoms with Crippen molar-refractivity contribution in [1.29, 1.82) is 0 Å². The molecule has 0 bridgehead atoms. The van der Waals surface area contributed by atoms with Crippen LogP contribution in [0.2, 0.25) is 0 Å². The van der Waals surface area contributed by atoms with Crippen molar-refractivity contribution in [3.8, 4) is 11.1 Å². The van der Waals surface area contributed by atoms with Gasteiger partial charge in [-0.15, -0.1) is 0 Å². The first-order valence-electron chi connectivity index (χ1n) is 7.22. The van der Waals surface area contributed by atoms with Crippen LogP contribution in [0.3, 0.4) is 0 Å². The van der Waals surface area contributed by atoms with E-state index >= 15 is 0 Å². The van der Waals surface area contributed by atoms with Crippen molar-refractivity contribution in [2.75, 3.05) is 0 Å². The van der Waals surface area contributed by atoms with E-state index in [0.29, 0.717) is 0 Å². The van der Waals surface area contributed by atoms with Crippen molar-refractivity contribution >= 4 is 5.71 Å².